The summed E-state index contributed by atoms with van der Waals surface area (Å²) in [5, 5.41) is 2.87. The molecule has 170 valence electrons. The van der Waals surface area contributed by atoms with Gasteiger partial charge in [-0.25, -0.2) is 4.99 Å². The minimum atomic E-state index is -0.813. The third-order valence-corrected chi connectivity index (χ3v) is 7.17. The molecule has 3 heterocycles. The van der Waals surface area contributed by atoms with Crippen molar-refractivity contribution in [2.24, 2.45) is 10.7 Å². The van der Waals surface area contributed by atoms with E-state index in [1.807, 2.05) is 49.6 Å². The number of carbonyl (C=O) groups excluding carboxylic acids is 1. The fourth-order valence-corrected chi connectivity index (χ4v) is 5.40. The standard InChI is InChI=1S/C26H27ClN4O2/c1-26(14-23(32)31(25(28)30-26)20-9-11-33-12-10-20)22-8-4-6-17(24(22)27)13-19-16-29-15-18-5-2-3-7-21(18)19/h2-8,15-16,20H,9-14H2,1H3,(H2,28,30)/t26-/m0/s1. The van der Waals surface area contributed by atoms with E-state index in [-0.39, 0.29) is 24.3 Å². The molecule has 0 bridgehead atoms. The van der Waals surface area contributed by atoms with Crippen LogP contribution in [0.15, 0.2) is 59.9 Å². The van der Waals surface area contributed by atoms with Crippen molar-refractivity contribution < 1.29 is 9.53 Å². The first-order valence-electron chi connectivity index (χ1n) is 11.3. The van der Waals surface area contributed by atoms with Crippen LogP contribution in [0.2, 0.25) is 5.02 Å². The van der Waals surface area contributed by atoms with Crippen molar-refractivity contribution in [3.63, 3.8) is 0 Å². The number of nitrogens with two attached hydrogens (primary N) is 1. The zero-order valence-electron chi connectivity index (χ0n) is 18.6. The molecule has 33 heavy (non-hydrogen) atoms. The van der Waals surface area contributed by atoms with E-state index in [1.165, 1.54) is 0 Å². The van der Waals surface area contributed by atoms with E-state index in [4.69, 9.17) is 27.1 Å². The zero-order chi connectivity index (χ0) is 23.0. The largest absolute Gasteiger partial charge is 0.381 e. The molecule has 1 aromatic heterocycles. The van der Waals surface area contributed by atoms with Crippen molar-refractivity contribution in [2.45, 2.75) is 44.2 Å². The van der Waals surface area contributed by atoms with Gasteiger partial charge in [-0.15, -0.1) is 0 Å². The van der Waals surface area contributed by atoms with Crippen LogP contribution in [0, 0.1) is 0 Å². The molecule has 3 aromatic rings. The molecule has 0 unspecified atom stereocenters. The van der Waals surface area contributed by atoms with Gasteiger partial charge in [-0.05, 0) is 41.8 Å². The van der Waals surface area contributed by atoms with Gasteiger partial charge in [0.15, 0.2) is 5.96 Å². The highest BCUT2D eigenvalue weighted by molar-refractivity contribution is 6.32. The highest BCUT2D eigenvalue weighted by Gasteiger charge is 2.41. The number of benzene rings is 2. The minimum Gasteiger partial charge on any atom is -0.381 e. The summed E-state index contributed by atoms with van der Waals surface area (Å²) in [5.41, 5.74) is 8.43. The number of guanidine groups is 1. The maximum atomic E-state index is 13.2. The van der Waals surface area contributed by atoms with Crippen molar-refractivity contribution in [2.75, 3.05) is 13.2 Å². The molecule has 0 radical (unpaired) electrons. The molecule has 2 aliphatic heterocycles. The second kappa shape index (κ2) is 8.76. The van der Waals surface area contributed by atoms with Gasteiger partial charge in [0, 0.05) is 48.5 Å². The number of amides is 1. The van der Waals surface area contributed by atoms with Crippen LogP contribution >= 0.6 is 11.6 Å². The van der Waals surface area contributed by atoms with Crippen LogP contribution in [-0.2, 0) is 21.5 Å². The number of pyridine rings is 1. The number of halogens is 1. The van der Waals surface area contributed by atoms with Crippen LogP contribution in [0.1, 0.15) is 42.9 Å². The maximum Gasteiger partial charge on any atom is 0.232 e. The molecule has 6 nitrogen and oxygen atoms in total. The lowest BCUT2D eigenvalue weighted by molar-refractivity contribution is -0.132. The lowest BCUT2D eigenvalue weighted by atomic mass is 9.85. The highest BCUT2D eigenvalue weighted by atomic mass is 35.5. The molecule has 0 spiro atoms. The van der Waals surface area contributed by atoms with Gasteiger partial charge >= 0.3 is 0 Å². The van der Waals surface area contributed by atoms with Crippen molar-refractivity contribution >= 4 is 34.2 Å². The Morgan fingerprint density at radius 3 is 2.70 bits per heavy atom. The topological polar surface area (TPSA) is 80.8 Å². The molecule has 1 saturated heterocycles. The second-order valence-corrected chi connectivity index (χ2v) is 9.38. The van der Waals surface area contributed by atoms with Gasteiger partial charge in [0.25, 0.3) is 0 Å². The van der Waals surface area contributed by atoms with E-state index in [2.05, 4.69) is 17.1 Å². The van der Waals surface area contributed by atoms with E-state index in [1.54, 1.807) is 4.90 Å². The van der Waals surface area contributed by atoms with E-state index in [0.717, 1.165) is 40.3 Å². The molecule has 0 aliphatic carbocycles. The van der Waals surface area contributed by atoms with Gasteiger partial charge in [0.1, 0.15) is 0 Å². The molecule has 2 N–H and O–H groups in total. The van der Waals surface area contributed by atoms with Crippen molar-refractivity contribution in [3.8, 4) is 0 Å². The Kier molecular flexibility index (Phi) is 5.81. The number of ether oxygens (including phenoxy) is 1. The van der Waals surface area contributed by atoms with Crippen molar-refractivity contribution in [1.29, 1.82) is 0 Å². The van der Waals surface area contributed by atoms with Gasteiger partial charge in [0.2, 0.25) is 5.91 Å². The Morgan fingerprint density at radius 1 is 1.12 bits per heavy atom. The maximum absolute atomic E-state index is 13.2. The average molecular weight is 463 g/mol. The summed E-state index contributed by atoms with van der Waals surface area (Å²) in [6, 6.07) is 14.2. The molecule has 2 aromatic carbocycles. The highest BCUT2D eigenvalue weighted by Crippen LogP contribution is 2.40. The third kappa shape index (κ3) is 4.09. The van der Waals surface area contributed by atoms with Gasteiger partial charge in [-0.3, -0.25) is 14.7 Å². The summed E-state index contributed by atoms with van der Waals surface area (Å²) in [5.74, 6) is 0.247. The van der Waals surface area contributed by atoms with Gasteiger partial charge < -0.3 is 10.5 Å². The van der Waals surface area contributed by atoms with Crippen LogP contribution in [0.25, 0.3) is 10.8 Å². The van der Waals surface area contributed by atoms with Crippen LogP contribution in [0.5, 0.6) is 0 Å². The molecule has 0 saturated carbocycles. The van der Waals surface area contributed by atoms with Crippen LogP contribution < -0.4 is 5.73 Å². The second-order valence-electron chi connectivity index (χ2n) is 9.00. The number of fused-ring (bicyclic) bond motifs is 1. The minimum absolute atomic E-state index is 0.0170. The van der Waals surface area contributed by atoms with Gasteiger partial charge in [0.05, 0.1) is 12.0 Å². The Bertz CT molecular complexity index is 1230. The fourth-order valence-electron chi connectivity index (χ4n) is 5.00. The molecule has 1 fully saturated rings. The number of aliphatic imine (C=N–C) groups is 1. The lowest BCUT2D eigenvalue weighted by Crippen LogP contribution is -2.55. The molecule has 2 aliphatic rings. The number of hydrogen-bond donors (Lipinski definition) is 1. The summed E-state index contributed by atoms with van der Waals surface area (Å²) in [7, 11) is 0. The van der Waals surface area contributed by atoms with Crippen molar-refractivity contribution in [1.82, 2.24) is 9.88 Å². The molecular formula is C26H27ClN4O2. The summed E-state index contributed by atoms with van der Waals surface area (Å²) in [6.45, 7) is 3.20. The molecule has 1 amide bonds. The average Bonchev–Trinajstić information content (AvgIpc) is 2.81. The smallest absolute Gasteiger partial charge is 0.232 e. The molecule has 7 heteroatoms. The Labute approximate surface area is 198 Å². The predicted molar refractivity (Wildman–Crippen MR) is 130 cm³/mol. The summed E-state index contributed by atoms with van der Waals surface area (Å²) in [4.78, 5) is 24.1. The summed E-state index contributed by atoms with van der Waals surface area (Å²) >= 11 is 6.94. The van der Waals surface area contributed by atoms with Gasteiger partial charge in [-0.1, -0.05) is 54.1 Å². The number of aromatic nitrogens is 1. The number of rotatable bonds is 4. The Morgan fingerprint density at radius 2 is 1.91 bits per heavy atom. The number of carbonyl (C=O) groups is 1. The molecule has 1 atom stereocenters. The lowest BCUT2D eigenvalue weighted by Gasteiger charge is -2.40. The SMILES string of the molecule is C[C@@]1(c2cccc(Cc3cncc4ccccc34)c2Cl)CC(=O)N(C2CCOCC2)C(N)=N1. The van der Waals surface area contributed by atoms with Crippen LogP contribution in [0.3, 0.4) is 0 Å². The number of hydrogen-bond acceptors (Lipinski definition) is 5. The van der Waals surface area contributed by atoms with Crippen molar-refractivity contribution in [3.05, 3.63) is 76.6 Å². The quantitative estimate of drug-likeness (QED) is 0.622. The monoisotopic (exact) mass is 462 g/mol. The van der Waals surface area contributed by atoms with Crippen LogP contribution in [-0.4, -0.2) is 41.0 Å². The van der Waals surface area contributed by atoms with Gasteiger partial charge in [-0.2, -0.15) is 0 Å². The summed E-state index contributed by atoms with van der Waals surface area (Å²) in [6.07, 6.45) is 6.16. The van der Waals surface area contributed by atoms with E-state index >= 15 is 0 Å². The predicted octanol–water partition coefficient (Wildman–Crippen LogP) is 4.42. The first-order chi connectivity index (χ1) is 16.0. The third-order valence-electron chi connectivity index (χ3n) is 6.72. The summed E-state index contributed by atoms with van der Waals surface area (Å²) < 4.78 is 5.44. The molecular weight excluding hydrogens is 436 g/mol. The normalized spacial score (nSPS) is 21.9. The first kappa shape index (κ1) is 21.9. The van der Waals surface area contributed by atoms with E-state index in [0.29, 0.717) is 24.7 Å². The Balaban J connectivity index is 1.48. The fraction of sp³-hybridized carbons (Fsp3) is 0.346. The van der Waals surface area contributed by atoms with E-state index < -0.39 is 5.54 Å². The first-order valence-corrected chi connectivity index (χ1v) is 11.7. The van der Waals surface area contributed by atoms with Crippen LogP contribution in [0.4, 0.5) is 0 Å². The molecule has 5 rings (SSSR count). The number of nitrogens with zero attached hydrogens (tertiary/aromatic N) is 3. The zero-order valence-corrected chi connectivity index (χ0v) is 19.4. The Hall–Kier alpha value is -2.96. The van der Waals surface area contributed by atoms with E-state index in [9.17, 15) is 4.79 Å².